The fourth-order valence-corrected chi connectivity index (χ4v) is 3.90. The second-order valence-corrected chi connectivity index (χ2v) is 7.89. The average molecular weight is 461 g/mol. The van der Waals surface area contributed by atoms with Gasteiger partial charge in [-0.3, -0.25) is 4.90 Å². The Hall–Kier alpha value is -4.20. The lowest BCUT2D eigenvalue weighted by atomic mass is 10.1. The standard InChI is InChI=1S/C26H28N4O4/c1-33-22-12-9-19(10-13-22)18-29-15-6-16-30(26(29)32)23-17-21(11-14-24(23)34-2)28-25(31)27-20-7-4-3-5-8-20/h3-5,7-14,17H,6,15-16,18H2,1-2H3,(H2,27,28,31). The molecule has 0 atom stereocenters. The summed E-state index contributed by atoms with van der Waals surface area (Å²) in [4.78, 5) is 29.3. The van der Waals surface area contributed by atoms with E-state index < -0.39 is 0 Å². The number of carbonyl (C=O) groups is 2. The van der Waals surface area contributed by atoms with Crippen LogP contribution in [0.15, 0.2) is 72.8 Å². The Labute approximate surface area is 199 Å². The molecule has 1 aliphatic rings. The summed E-state index contributed by atoms with van der Waals surface area (Å²) in [5.41, 5.74) is 2.89. The first-order valence-electron chi connectivity index (χ1n) is 11.1. The van der Waals surface area contributed by atoms with Crippen LogP contribution in [0.1, 0.15) is 12.0 Å². The SMILES string of the molecule is COc1ccc(CN2CCCN(c3cc(NC(=O)Nc4ccccc4)ccc3OC)C2=O)cc1. The number of anilines is 3. The molecule has 4 rings (SSSR count). The number of methoxy groups -OCH3 is 2. The fourth-order valence-electron chi connectivity index (χ4n) is 3.90. The molecule has 0 aliphatic carbocycles. The molecule has 1 fully saturated rings. The van der Waals surface area contributed by atoms with Crippen molar-refractivity contribution < 1.29 is 19.1 Å². The Balaban J connectivity index is 1.49. The Kier molecular flexibility index (Phi) is 7.17. The van der Waals surface area contributed by atoms with Gasteiger partial charge in [0.15, 0.2) is 0 Å². The molecule has 4 amide bonds. The lowest BCUT2D eigenvalue weighted by Crippen LogP contribution is -2.49. The zero-order valence-electron chi connectivity index (χ0n) is 19.3. The minimum Gasteiger partial charge on any atom is -0.497 e. The minimum atomic E-state index is -0.367. The van der Waals surface area contributed by atoms with E-state index in [0.29, 0.717) is 42.4 Å². The summed E-state index contributed by atoms with van der Waals surface area (Å²) < 4.78 is 10.7. The highest BCUT2D eigenvalue weighted by Gasteiger charge is 2.29. The number of amides is 4. The number of ether oxygens (including phenoxy) is 2. The number of hydrogen-bond donors (Lipinski definition) is 2. The highest BCUT2D eigenvalue weighted by atomic mass is 16.5. The van der Waals surface area contributed by atoms with Crippen LogP contribution in [0.4, 0.5) is 26.7 Å². The van der Waals surface area contributed by atoms with Crippen molar-refractivity contribution in [2.24, 2.45) is 0 Å². The normalized spacial score (nSPS) is 13.4. The molecule has 0 unspecified atom stereocenters. The Morgan fingerprint density at radius 2 is 1.62 bits per heavy atom. The van der Waals surface area contributed by atoms with E-state index in [-0.39, 0.29) is 12.1 Å². The molecule has 2 N–H and O–H groups in total. The summed E-state index contributed by atoms with van der Waals surface area (Å²) in [5.74, 6) is 1.34. The zero-order valence-corrected chi connectivity index (χ0v) is 19.3. The van der Waals surface area contributed by atoms with Crippen molar-refractivity contribution in [3.63, 3.8) is 0 Å². The van der Waals surface area contributed by atoms with E-state index in [1.54, 1.807) is 37.3 Å². The molecule has 34 heavy (non-hydrogen) atoms. The number of carbonyl (C=O) groups excluding carboxylic acids is 2. The average Bonchev–Trinajstić information content (AvgIpc) is 2.86. The van der Waals surface area contributed by atoms with Crippen molar-refractivity contribution in [2.75, 3.05) is 42.8 Å². The summed E-state index contributed by atoms with van der Waals surface area (Å²) in [6.45, 7) is 1.73. The molecular weight excluding hydrogens is 432 g/mol. The van der Waals surface area contributed by atoms with Gasteiger partial charge in [0.25, 0.3) is 0 Å². The first-order chi connectivity index (χ1) is 16.6. The quantitative estimate of drug-likeness (QED) is 0.509. The first-order valence-corrected chi connectivity index (χ1v) is 11.1. The zero-order chi connectivity index (χ0) is 23.9. The molecular formula is C26H28N4O4. The van der Waals surface area contributed by atoms with Gasteiger partial charge in [0.2, 0.25) is 0 Å². The largest absolute Gasteiger partial charge is 0.497 e. The molecule has 0 bridgehead atoms. The fraction of sp³-hybridized carbons (Fsp3) is 0.231. The van der Waals surface area contributed by atoms with Crippen LogP contribution in [-0.4, -0.2) is 44.3 Å². The number of benzene rings is 3. The van der Waals surface area contributed by atoms with Crippen molar-refractivity contribution in [2.45, 2.75) is 13.0 Å². The van der Waals surface area contributed by atoms with E-state index >= 15 is 0 Å². The Morgan fingerprint density at radius 1 is 0.882 bits per heavy atom. The van der Waals surface area contributed by atoms with Crippen LogP contribution in [0.25, 0.3) is 0 Å². The van der Waals surface area contributed by atoms with E-state index in [1.165, 1.54) is 0 Å². The maximum atomic E-state index is 13.4. The van der Waals surface area contributed by atoms with Crippen LogP contribution in [0, 0.1) is 0 Å². The van der Waals surface area contributed by atoms with Gasteiger partial charge < -0.3 is 25.0 Å². The van der Waals surface area contributed by atoms with Crippen molar-refractivity contribution in [1.29, 1.82) is 0 Å². The van der Waals surface area contributed by atoms with Crippen LogP contribution in [0.5, 0.6) is 11.5 Å². The highest BCUT2D eigenvalue weighted by molar-refractivity contribution is 6.01. The predicted molar refractivity (Wildman–Crippen MR) is 133 cm³/mol. The molecule has 8 heteroatoms. The van der Waals surface area contributed by atoms with E-state index in [9.17, 15) is 9.59 Å². The molecule has 3 aromatic rings. The summed E-state index contributed by atoms with van der Waals surface area (Å²) in [7, 11) is 3.19. The Morgan fingerprint density at radius 3 is 2.32 bits per heavy atom. The second kappa shape index (κ2) is 10.6. The third-order valence-electron chi connectivity index (χ3n) is 5.60. The van der Waals surface area contributed by atoms with E-state index in [1.807, 2.05) is 59.5 Å². The van der Waals surface area contributed by atoms with Crippen molar-refractivity contribution in [3.05, 3.63) is 78.4 Å². The maximum absolute atomic E-state index is 13.4. The molecule has 1 saturated heterocycles. The molecule has 1 heterocycles. The lowest BCUT2D eigenvalue weighted by molar-refractivity contribution is 0.192. The number of rotatable bonds is 7. The first kappa shape index (κ1) is 23.0. The minimum absolute atomic E-state index is 0.105. The van der Waals surface area contributed by atoms with Gasteiger partial charge in [0, 0.05) is 31.0 Å². The molecule has 8 nitrogen and oxygen atoms in total. The third kappa shape index (κ3) is 5.40. The van der Waals surface area contributed by atoms with Crippen LogP contribution in [-0.2, 0) is 6.54 Å². The second-order valence-electron chi connectivity index (χ2n) is 7.89. The van der Waals surface area contributed by atoms with Crippen molar-refractivity contribution in [1.82, 2.24) is 4.90 Å². The molecule has 0 aromatic heterocycles. The molecule has 0 radical (unpaired) electrons. The monoisotopic (exact) mass is 460 g/mol. The van der Waals surface area contributed by atoms with Crippen LogP contribution < -0.4 is 25.0 Å². The van der Waals surface area contributed by atoms with Gasteiger partial charge in [-0.2, -0.15) is 0 Å². The molecule has 176 valence electrons. The van der Waals surface area contributed by atoms with Crippen molar-refractivity contribution >= 4 is 29.1 Å². The lowest BCUT2D eigenvalue weighted by Gasteiger charge is -2.36. The Bertz CT molecular complexity index is 1140. The summed E-state index contributed by atoms with van der Waals surface area (Å²) in [6, 6.07) is 21.7. The number of hydrogen-bond acceptors (Lipinski definition) is 4. The summed E-state index contributed by atoms with van der Waals surface area (Å²) in [6.07, 6.45) is 0.817. The summed E-state index contributed by atoms with van der Waals surface area (Å²) in [5, 5.41) is 5.62. The molecule has 0 saturated carbocycles. The van der Waals surface area contributed by atoms with Gasteiger partial charge in [-0.15, -0.1) is 0 Å². The topological polar surface area (TPSA) is 83.1 Å². The van der Waals surface area contributed by atoms with Gasteiger partial charge in [-0.25, -0.2) is 9.59 Å². The van der Waals surface area contributed by atoms with E-state index in [0.717, 1.165) is 17.7 Å². The van der Waals surface area contributed by atoms with E-state index in [4.69, 9.17) is 9.47 Å². The smallest absolute Gasteiger partial charge is 0.324 e. The van der Waals surface area contributed by atoms with Gasteiger partial charge in [0.1, 0.15) is 11.5 Å². The van der Waals surface area contributed by atoms with Gasteiger partial charge in [-0.05, 0) is 54.4 Å². The molecule has 0 spiro atoms. The molecule has 3 aromatic carbocycles. The predicted octanol–water partition coefficient (Wildman–Crippen LogP) is 5.18. The van der Waals surface area contributed by atoms with Gasteiger partial charge in [-0.1, -0.05) is 30.3 Å². The summed E-state index contributed by atoms with van der Waals surface area (Å²) >= 11 is 0. The number of urea groups is 2. The number of nitrogens with zero attached hydrogens (tertiary/aromatic N) is 2. The molecule has 1 aliphatic heterocycles. The third-order valence-corrected chi connectivity index (χ3v) is 5.60. The number of nitrogens with one attached hydrogen (secondary N) is 2. The number of para-hydroxylation sites is 1. The van der Waals surface area contributed by atoms with Crippen LogP contribution in [0.3, 0.4) is 0 Å². The van der Waals surface area contributed by atoms with Gasteiger partial charge >= 0.3 is 12.1 Å². The van der Waals surface area contributed by atoms with E-state index in [2.05, 4.69) is 10.6 Å². The van der Waals surface area contributed by atoms with Crippen molar-refractivity contribution in [3.8, 4) is 11.5 Å². The maximum Gasteiger partial charge on any atom is 0.324 e. The van der Waals surface area contributed by atoms with Crippen LogP contribution >= 0.6 is 0 Å². The van der Waals surface area contributed by atoms with Gasteiger partial charge in [0.05, 0.1) is 19.9 Å². The van der Waals surface area contributed by atoms with Crippen LogP contribution in [0.2, 0.25) is 0 Å². The highest BCUT2D eigenvalue weighted by Crippen LogP contribution is 2.34.